The summed E-state index contributed by atoms with van der Waals surface area (Å²) < 4.78 is 81.7. The van der Waals surface area contributed by atoms with E-state index in [9.17, 15) is 36.6 Å². The van der Waals surface area contributed by atoms with Crippen molar-refractivity contribution in [2.45, 2.75) is 18.8 Å². The number of aliphatic hydroxyl groups is 1. The third kappa shape index (κ3) is 5.83. The number of piperazine rings is 1. The van der Waals surface area contributed by atoms with Crippen LogP contribution in [0.2, 0.25) is 0 Å². The van der Waals surface area contributed by atoms with Gasteiger partial charge in [0.25, 0.3) is 0 Å². The molecule has 2 N–H and O–H groups in total. The number of hydrogen-bond donors (Lipinski definition) is 2. The third-order valence-electron chi connectivity index (χ3n) is 6.78. The van der Waals surface area contributed by atoms with Gasteiger partial charge in [0.1, 0.15) is 0 Å². The van der Waals surface area contributed by atoms with Gasteiger partial charge in [-0.1, -0.05) is 23.5 Å². The summed E-state index contributed by atoms with van der Waals surface area (Å²) in [5, 5.41) is 29.3. The molecule has 0 radical (unpaired) electrons. The molecule has 1 aromatic heterocycles. The van der Waals surface area contributed by atoms with E-state index in [1.807, 2.05) is 4.90 Å². The Labute approximate surface area is 228 Å². The van der Waals surface area contributed by atoms with Crippen molar-refractivity contribution in [1.29, 1.82) is 0 Å². The molecule has 3 aromatic rings. The van der Waals surface area contributed by atoms with Crippen molar-refractivity contribution < 1.29 is 36.6 Å². The van der Waals surface area contributed by atoms with Gasteiger partial charge in [-0.3, -0.25) is 4.90 Å². The molecule has 0 aliphatic carbocycles. The lowest BCUT2D eigenvalue weighted by Gasteiger charge is -2.34. The summed E-state index contributed by atoms with van der Waals surface area (Å²) in [5.41, 5.74) is -2.29. The summed E-state index contributed by atoms with van der Waals surface area (Å²) in [6, 6.07) is 6.49. The quantitative estimate of drug-likeness (QED) is 0.435. The third-order valence-corrected chi connectivity index (χ3v) is 7.94. The van der Waals surface area contributed by atoms with Crippen LogP contribution in [0.3, 0.4) is 0 Å². The minimum Gasteiger partial charge on any atom is -0.492 e. The van der Waals surface area contributed by atoms with Gasteiger partial charge in [0, 0.05) is 44.7 Å². The van der Waals surface area contributed by atoms with Gasteiger partial charge in [-0.25, -0.2) is 0 Å². The SMILES string of the molecule is OCCN1CCN(c2nc(O)c(C(Cc3ccc(C(F)(F)F)cc3C(F)(F)F)=c3ccc4c(c3)C=NN=4)s2)CC1. The number of thiazole rings is 1. The van der Waals surface area contributed by atoms with Crippen molar-refractivity contribution in [3.8, 4) is 5.88 Å². The molecule has 2 aliphatic rings. The predicted molar refractivity (Wildman–Crippen MR) is 137 cm³/mol. The first-order valence-electron chi connectivity index (χ1n) is 12.2. The molecule has 3 heterocycles. The first-order valence-corrected chi connectivity index (χ1v) is 13.1. The Balaban J connectivity index is 1.60. The first kappa shape index (κ1) is 28.1. The number of hydrogen-bond acceptors (Lipinski definition) is 8. The minimum atomic E-state index is -5.04. The second-order valence-electron chi connectivity index (χ2n) is 9.34. The van der Waals surface area contributed by atoms with Crippen LogP contribution in [0.25, 0.3) is 5.57 Å². The monoisotopic (exact) mass is 583 g/mol. The van der Waals surface area contributed by atoms with Gasteiger partial charge in [0.05, 0.1) is 34.2 Å². The largest absolute Gasteiger partial charge is 0.492 e. The topological polar surface area (TPSA) is 84.5 Å². The highest BCUT2D eigenvalue weighted by Crippen LogP contribution is 2.41. The number of benzene rings is 2. The number of β-amino-alcohol motifs (C(OH)–C–C–N with tert-alkyl or cyclic N) is 1. The number of aromatic nitrogens is 1. The molecule has 40 heavy (non-hydrogen) atoms. The van der Waals surface area contributed by atoms with Gasteiger partial charge in [-0.15, -0.1) is 0 Å². The Morgan fingerprint density at radius 3 is 2.38 bits per heavy atom. The maximum atomic E-state index is 14.0. The molecule has 0 amide bonds. The molecule has 0 saturated carbocycles. The summed E-state index contributed by atoms with van der Waals surface area (Å²) in [5.74, 6) is -0.382. The molecule has 0 unspecified atom stereocenters. The van der Waals surface area contributed by atoms with Crippen LogP contribution in [-0.2, 0) is 18.8 Å². The summed E-state index contributed by atoms with van der Waals surface area (Å²) in [4.78, 5) is 8.50. The number of halogens is 6. The fraction of sp³-hybridized carbons (Fsp3) is 0.346. The molecule has 0 bridgehead atoms. The maximum absolute atomic E-state index is 14.0. The van der Waals surface area contributed by atoms with Gasteiger partial charge in [-0.05, 0) is 40.6 Å². The average Bonchev–Trinajstić information content (AvgIpc) is 3.53. The summed E-state index contributed by atoms with van der Waals surface area (Å²) >= 11 is 1.10. The Bertz CT molecular complexity index is 1560. The summed E-state index contributed by atoms with van der Waals surface area (Å²) in [6.07, 6.45) is -8.92. The van der Waals surface area contributed by atoms with Crippen LogP contribution in [0.15, 0.2) is 46.6 Å². The van der Waals surface area contributed by atoms with Crippen LogP contribution < -0.4 is 15.5 Å². The molecule has 1 saturated heterocycles. The van der Waals surface area contributed by atoms with E-state index in [2.05, 4.69) is 20.1 Å². The first-order chi connectivity index (χ1) is 18.9. The maximum Gasteiger partial charge on any atom is 0.416 e. The van der Waals surface area contributed by atoms with Crippen LogP contribution in [-0.4, -0.2) is 65.6 Å². The molecule has 14 heteroatoms. The smallest absolute Gasteiger partial charge is 0.416 e. The van der Waals surface area contributed by atoms with E-state index < -0.39 is 29.9 Å². The number of alkyl halides is 6. The summed E-state index contributed by atoms with van der Waals surface area (Å²) in [6.45, 7) is 3.00. The Morgan fingerprint density at radius 2 is 1.70 bits per heavy atom. The molecule has 7 nitrogen and oxygen atoms in total. The van der Waals surface area contributed by atoms with Crippen LogP contribution in [0.1, 0.15) is 27.1 Å². The van der Waals surface area contributed by atoms with Crippen molar-refractivity contribution >= 4 is 28.3 Å². The molecule has 212 valence electrons. The minimum absolute atomic E-state index is 0.0309. The van der Waals surface area contributed by atoms with Crippen LogP contribution in [0, 0.1) is 0 Å². The van der Waals surface area contributed by atoms with Crippen molar-refractivity contribution in [3.63, 3.8) is 0 Å². The van der Waals surface area contributed by atoms with Crippen molar-refractivity contribution in [2.75, 3.05) is 44.2 Å². The number of rotatable bonds is 6. The van der Waals surface area contributed by atoms with Gasteiger partial charge in [0.2, 0.25) is 5.88 Å². The highest BCUT2D eigenvalue weighted by molar-refractivity contribution is 7.17. The lowest BCUT2D eigenvalue weighted by atomic mass is 9.94. The van der Waals surface area contributed by atoms with E-state index in [1.165, 1.54) is 6.21 Å². The van der Waals surface area contributed by atoms with E-state index in [0.717, 1.165) is 17.4 Å². The highest BCUT2D eigenvalue weighted by Gasteiger charge is 2.38. The normalized spacial score (nSPS) is 16.7. The lowest BCUT2D eigenvalue weighted by molar-refractivity contribution is -0.143. The second kappa shape index (κ2) is 10.8. The van der Waals surface area contributed by atoms with E-state index >= 15 is 0 Å². The highest BCUT2D eigenvalue weighted by atomic mass is 32.1. The van der Waals surface area contributed by atoms with Crippen molar-refractivity contribution in [3.05, 3.63) is 74.1 Å². The molecule has 1 fully saturated rings. The van der Waals surface area contributed by atoms with Crippen molar-refractivity contribution in [1.82, 2.24) is 9.88 Å². The molecule has 2 aliphatic heterocycles. The molecular formula is C26H23F6N5O2S. The Morgan fingerprint density at radius 1 is 0.950 bits per heavy atom. The van der Waals surface area contributed by atoms with Gasteiger partial charge >= 0.3 is 12.4 Å². The van der Waals surface area contributed by atoms with Gasteiger partial charge in [-0.2, -0.15) is 41.5 Å². The van der Waals surface area contributed by atoms with E-state index in [4.69, 9.17) is 0 Å². The van der Waals surface area contributed by atoms with Crippen molar-refractivity contribution in [2.24, 2.45) is 10.2 Å². The van der Waals surface area contributed by atoms with E-state index in [-0.39, 0.29) is 34.6 Å². The number of fused-ring (bicyclic) bond motifs is 1. The van der Waals surface area contributed by atoms with Crippen LogP contribution in [0.5, 0.6) is 5.88 Å². The Kier molecular flexibility index (Phi) is 7.59. The number of nitrogens with zero attached hydrogens (tertiary/aromatic N) is 5. The van der Waals surface area contributed by atoms with E-state index in [0.29, 0.717) is 60.1 Å². The predicted octanol–water partition coefficient (Wildman–Crippen LogP) is 3.41. The number of anilines is 1. The van der Waals surface area contributed by atoms with Gasteiger partial charge < -0.3 is 15.1 Å². The van der Waals surface area contributed by atoms with Crippen LogP contribution in [0.4, 0.5) is 31.5 Å². The Hall–Kier alpha value is -3.49. The zero-order valence-corrected chi connectivity index (χ0v) is 21.6. The average molecular weight is 584 g/mol. The van der Waals surface area contributed by atoms with Gasteiger partial charge in [0.15, 0.2) is 5.13 Å². The van der Waals surface area contributed by atoms with Crippen LogP contribution >= 0.6 is 11.3 Å². The zero-order chi connectivity index (χ0) is 28.7. The standard InChI is InChI=1S/C26H23F6N5O2S/c27-25(28,29)18-3-1-16(20(13-18)26(30,31)32)12-19(15-2-4-21-17(11-15)14-33-35-21)22-23(39)34-24(40-22)37-7-5-36(6-8-37)9-10-38/h1-4,11,13-14,38-39H,5-10,12H2. The second-order valence-corrected chi connectivity index (χ2v) is 10.3. The lowest BCUT2D eigenvalue weighted by Crippen LogP contribution is -2.47. The number of aromatic hydroxyl groups is 1. The molecule has 0 spiro atoms. The zero-order valence-electron chi connectivity index (χ0n) is 20.8. The summed E-state index contributed by atoms with van der Waals surface area (Å²) in [7, 11) is 0. The molecular weight excluding hydrogens is 560 g/mol. The number of aliphatic hydroxyl groups excluding tert-OH is 1. The molecule has 2 aromatic carbocycles. The van der Waals surface area contributed by atoms with E-state index in [1.54, 1.807) is 18.2 Å². The fourth-order valence-electron chi connectivity index (χ4n) is 4.70. The molecule has 0 atom stereocenters. The molecule has 5 rings (SSSR count). The fourth-order valence-corrected chi connectivity index (χ4v) is 5.78.